The van der Waals surface area contributed by atoms with Crippen molar-refractivity contribution in [3.63, 3.8) is 0 Å². The van der Waals surface area contributed by atoms with Gasteiger partial charge in [-0.3, -0.25) is 4.79 Å². The Labute approximate surface area is 107 Å². The van der Waals surface area contributed by atoms with Crippen LogP contribution in [0.25, 0.3) is 0 Å². The highest BCUT2D eigenvalue weighted by atomic mass is 16.5. The summed E-state index contributed by atoms with van der Waals surface area (Å²) in [5.41, 5.74) is 0.291. The Morgan fingerprint density at radius 3 is 2.12 bits per heavy atom. The Bertz CT molecular complexity index is 215. The third-order valence-electron chi connectivity index (χ3n) is 3.46. The van der Waals surface area contributed by atoms with E-state index < -0.39 is 0 Å². The fourth-order valence-corrected chi connectivity index (χ4v) is 2.27. The minimum Gasteiger partial charge on any atom is -0.462 e. The number of carbonyl (C=O) groups is 1. The minimum atomic E-state index is -0.0628. The van der Waals surface area contributed by atoms with Crippen LogP contribution in [-0.2, 0) is 9.53 Å². The normalized spacial score (nSPS) is 15.4. The van der Waals surface area contributed by atoms with Crippen LogP contribution >= 0.6 is 0 Å². The molecule has 0 amide bonds. The Balaban J connectivity index is 4.45. The number of rotatable bonds is 7. The molecular weight excluding hydrogens is 212 g/mol. The fourth-order valence-electron chi connectivity index (χ4n) is 2.27. The SMILES string of the molecule is CCCC(CC(CC)C(C)(C)C)OC(=O)CC. The van der Waals surface area contributed by atoms with Crippen LogP contribution in [0.1, 0.15) is 73.6 Å². The standard InChI is InChI=1S/C15H30O2/c1-7-10-13(17-14(16)9-3)11-12(8-2)15(4,5)6/h12-13H,7-11H2,1-6H3. The van der Waals surface area contributed by atoms with Crippen molar-refractivity contribution in [3.8, 4) is 0 Å². The second-order valence-corrected chi connectivity index (χ2v) is 5.96. The van der Waals surface area contributed by atoms with Gasteiger partial charge < -0.3 is 4.74 Å². The van der Waals surface area contributed by atoms with Crippen LogP contribution in [0.2, 0.25) is 0 Å². The predicted octanol–water partition coefficient (Wildman–Crippen LogP) is 4.57. The molecule has 0 aliphatic carbocycles. The number of hydrogen-bond acceptors (Lipinski definition) is 2. The van der Waals surface area contributed by atoms with Crippen molar-refractivity contribution < 1.29 is 9.53 Å². The molecule has 0 aromatic rings. The van der Waals surface area contributed by atoms with E-state index in [1.54, 1.807) is 0 Å². The average Bonchev–Trinajstić information content (AvgIpc) is 2.23. The molecule has 0 N–H and O–H groups in total. The predicted molar refractivity (Wildman–Crippen MR) is 72.9 cm³/mol. The molecule has 0 spiro atoms. The zero-order chi connectivity index (χ0) is 13.5. The third-order valence-corrected chi connectivity index (χ3v) is 3.46. The van der Waals surface area contributed by atoms with Crippen LogP contribution < -0.4 is 0 Å². The molecule has 0 radical (unpaired) electrons. The highest BCUT2D eigenvalue weighted by Gasteiger charge is 2.27. The molecule has 0 bridgehead atoms. The maximum Gasteiger partial charge on any atom is 0.305 e. The fraction of sp³-hybridized carbons (Fsp3) is 0.933. The Kier molecular flexibility index (Phi) is 7.49. The largest absolute Gasteiger partial charge is 0.462 e. The molecule has 2 nitrogen and oxygen atoms in total. The average molecular weight is 242 g/mol. The molecule has 2 unspecified atom stereocenters. The molecule has 0 saturated heterocycles. The van der Waals surface area contributed by atoms with Crippen LogP contribution in [0, 0.1) is 11.3 Å². The van der Waals surface area contributed by atoms with E-state index in [2.05, 4.69) is 34.6 Å². The summed E-state index contributed by atoms with van der Waals surface area (Å²) in [7, 11) is 0. The molecule has 2 heteroatoms. The van der Waals surface area contributed by atoms with Gasteiger partial charge in [-0.1, -0.05) is 54.4 Å². The Morgan fingerprint density at radius 2 is 1.76 bits per heavy atom. The van der Waals surface area contributed by atoms with Crippen molar-refractivity contribution in [1.29, 1.82) is 0 Å². The van der Waals surface area contributed by atoms with E-state index in [9.17, 15) is 4.79 Å². The first-order chi connectivity index (χ1) is 7.85. The lowest BCUT2D eigenvalue weighted by atomic mass is 9.75. The highest BCUT2D eigenvalue weighted by molar-refractivity contribution is 5.69. The van der Waals surface area contributed by atoms with Gasteiger partial charge in [0.2, 0.25) is 0 Å². The molecule has 0 saturated carbocycles. The number of ether oxygens (including phenoxy) is 1. The molecule has 0 rings (SSSR count). The minimum absolute atomic E-state index is 0.0628. The van der Waals surface area contributed by atoms with Gasteiger partial charge in [0.25, 0.3) is 0 Å². The van der Waals surface area contributed by atoms with Crippen LogP contribution in [0.15, 0.2) is 0 Å². The van der Waals surface area contributed by atoms with E-state index in [4.69, 9.17) is 4.74 Å². The number of esters is 1. The van der Waals surface area contributed by atoms with Crippen molar-refractivity contribution in [1.82, 2.24) is 0 Å². The third kappa shape index (κ3) is 6.70. The summed E-state index contributed by atoms with van der Waals surface area (Å²) in [6, 6.07) is 0. The maximum absolute atomic E-state index is 11.4. The lowest BCUT2D eigenvalue weighted by Crippen LogP contribution is -2.27. The van der Waals surface area contributed by atoms with Crippen LogP contribution in [-0.4, -0.2) is 12.1 Å². The van der Waals surface area contributed by atoms with Gasteiger partial charge in [-0.05, 0) is 24.2 Å². The van der Waals surface area contributed by atoms with E-state index in [-0.39, 0.29) is 12.1 Å². The molecule has 17 heavy (non-hydrogen) atoms. The second kappa shape index (κ2) is 7.73. The maximum atomic E-state index is 11.4. The monoisotopic (exact) mass is 242 g/mol. The summed E-state index contributed by atoms with van der Waals surface area (Å²) in [5, 5.41) is 0. The molecule has 102 valence electrons. The van der Waals surface area contributed by atoms with Gasteiger partial charge in [-0.2, -0.15) is 0 Å². The van der Waals surface area contributed by atoms with Crippen molar-refractivity contribution >= 4 is 5.97 Å². The van der Waals surface area contributed by atoms with Crippen LogP contribution in [0.3, 0.4) is 0 Å². The lowest BCUT2D eigenvalue weighted by molar-refractivity contribution is -0.150. The van der Waals surface area contributed by atoms with Gasteiger partial charge in [0.15, 0.2) is 0 Å². The summed E-state index contributed by atoms with van der Waals surface area (Å²) in [6.45, 7) is 13.0. The molecule has 0 heterocycles. The lowest BCUT2D eigenvalue weighted by Gasteiger charge is -2.32. The van der Waals surface area contributed by atoms with E-state index in [1.807, 2.05) is 6.92 Å². The van der Waals surface area contributed by atoms with E-state index in [0.29, 0.717) is 17.8 Å². The smallest absolute Gasteiger partial charge is 0.305 e. The second-order valence-electron chi connectivity index (χ2n) is 5.96. The number of carbonyl (C=O) groups excluding carboxylic acids is 1. The van der Waals surface area contributed by atoms with Crippen molar-refractivity contribution in [2.45, 2.75) is 79.8 Å². The quantitative estimate of drug-likeness (QED) is 0.611. The zero-order valence-corrected chi connectivity index (χ0v) is 12.5. The van der Waals surface area contributed by atoms with Crippen molar-refractivity contribution in [3.05, 3.63) is 0 Å². The first-order valence-electron chi connectivity index (χ1n) is 7.04. The van der Waals surface area contributed by atoms with E-state index in [0.717, 1.165) is 25.7 Å². The van der Waals surface area contributed by atoms with Crippen molar-refractivity contribution in [2.24, 2.45) is 11.3 Å². The highest BCUT2D eigenvalue weighted by Crippen LogP contribution is 2.33. The molecular formula is C15H30O2. The molecule has 0 fully saturated rings. The first kappa shape index (κ1) is 16.5. The van der Waals surface area contributed by atoms with Crippen molar-refractivity contribution in [2.75, 3.05) is 0 Å². The summed E-state index contributed by atoms with van der Waals surface area (Å²) in [4.78, 5) is 11.4. The Morgan fingerprint density at radius 1 is 1.18 bits per heavy atom. The van der Waals surface area contributed by atoms with Gasteiger partial charge in [0, 0.05) is 6.42 Å². The zero-order valence-electron chi connectivity index (χ0n) is 12.5. The van der Waals surface area contributed by atoms with E-state index in [1.165, 1.54) is 0 Å². The van der Waals surface area contributed by atoms with Gasteiger partial charge in [-0.15, -0.1) is 0 Å². The summed E-state index contributed by atoms with van der Waals surface area (Å²) < 4.78 is 5.53. The van der Waals surface area contributed by atoms with Crippen LogP contribution in [0.4, 0.5) is 0 Å². The summed E-state index contributed by atoms with van der Waals surface area (Å²) >= 11 is 0. The molecule has 0 aliphatic heterocycles. The Hall–Kier alpha value is -0.530. The van der Waals surface area contributed by atoms with Gasteiger partial charge >= 0.3 is 5.97 Å². The number of hydrogen-bond donors (Lipinski definition) is 0. The molecule has 0 aliphatic rings. The topological polar surface area (TPSA) is 26.3 Å². The van der Waals surface area contributed by atoms with Gasteiger partial charge in [0.1, 0.15) is 6.10 Å². The van der Waals surface area contributed by atoms with Gasteiger partial charge in [-0.25, -0.2) is 0 Å². The molecule has 0 aromatic heterocycles. The first-order valence-corrected chi connectivity index (χ1v) is 7.04. The van der Waals surface area contributed by atoms with Crippen LogP contribution in [0.5, 0.6) is 0 Å². The van der Waals surface area contributed by atoms with Gasteiger partial charge in [0.05, 0.1) is 0 Å². The summed E-state index contributed by atoms with van der Waals surface area (Å²) in [6.07, 6.45) is 4.79. The molecule has 2 atom stereocenters. The molecule has 0 aromatic carbocycles. The van der Waals surface area contributed by atoms with E-state index >= 15 is 0 Å². The summed E-state index contributed by atoms with van der Waals surface area (Å²) in [5.74, 6) is 0.552.